The lowest BCUT2D eigenvalue weighted by atomic mass is 10.1. The van der Waals surface area contributed by atoms with E-state index >= 15 is 0 Å². The monoisotopic (exact) mass is 251 g/mol. The summed E-state index contributed by atoms with van der Waals surface area (Å²) in [7, 11) is 0. The van der Waals surface area contributed by atoms with Crippen LogP contribution in [0.1, 0.15) is 42.0 Å². The van der Waals surface area contributed by atoms with Crippen molar-refractivity contribution in [3.63, 3.8) is 0 Å². The van der Waals surface area contributed by atoms with Crippen molar-refractivity contribution in [3.05, 3.63) is 28.2 Å². The molecule has 0 aromatic carbocycles. The third kappa shape index (κ3) is 2.66. The zero-order chi connectivity index (χ0) is 12.4. The highest BCUT2D eigenvalue weighted by Crippen LogP contribution is 2.26. The van der Waals surface area contributed by atoms with E-state index in [9.17, 15) is 0 Å². The fourth-order valence-electron chi connectivity index (χ4n) is 1.80. The first-order valence-electron chi connectivity index (χ1n) is 5.76. The topological polar surface area (TPSA) is 51.0 Å². The van der Waals surface area contributed by atoms with Gasteiger partial charge in [-0.1, -0.05) is 18.3 Å². The van der Waals surface area contributed by atoms with Crippen molar-refractivity contribution >= 4 is 16.5 Å². The minimum Gasteiger partial charge on any atom is -0.466 e. The number of hydrogen-bond donors (Lipinski definition) is 1. The van der Waals surface area contributed by atoms with Crippen molar-refractivity contribution < 1.29 is 4.42 Å². The lowest BCUT2D eigenvalue weighted by Crippen LogP contribution is -2.06. The molecule has 2 heterocycles. The molecule has 0 bridgehead atoms. The number of aromatic nitrogens is 2. The molecule has 4 nitrogen and oxygen atoms in total. The van der Waals surface area contributed by atoms with Crippen LogP contribution in [0, 0.1) is 13.8 Å². The molecular weight excluding hydrogens is 234 g/mol. The number of hydrogen-bond acceptors (Lipinski definition) is 5. The van der Waals surface area contributed by atoms with Crippen LogP contribution < -0.4 is 5.32 Å². The molecule has 5 heteroatoms. The first-order valence-corrected chi connectivity index (χ1v) is 6.57. The normalized spacial score (nSPS) is 12.7. The maximum absolute atomic E-state index is 5.53. The Morgan fingerprint density at radius 3 is 2.71 bits per heavy atom. The smallest absolute Gasteiger partial charge is 0.206 e. The Labute approximate surface area is 105 Å². The van der Waals surface area contributed by atoms with E-state index in [0.29, 0.717) is 0 Å². The molecule has 1 atom stereocenters. The van der Waals surface area contributed by atoms with Gasteiger partial charge in [-0.3, -0.25) is 0 Å². The van der Waals surface area contributed by atoms with E-state index in [1.807, 2.05) is 13.8 Å². The van der Waals surface area contributed by atoms with Crippen LogP contribution in [0.25, 0.3) is 0 Å². The van der Waals surface area contributed by atoms with Gasteiger partial charge in [0.05, 0.1) is 6.04 Å². The average molecular weight is 251 g/mol. The van der Waals surface area contributed by atoms with Crippen LogP contribution >= 0.6 is 11.3 Å². The summed E-state index contributed by atoms with van der Waals surface area (Å²) in [5.74, 6) is 1.90. The summed E-state index contributed by atoms with van der Waals surface area (Å²) in [6.07, 6.45) is 0.928. The summed E-state index contributed by atoms with van der Waals surface area (Å²) in [4.78, 5) is 0. The van der Waals surface area contributed by atoms with E-state index in [-0.39, 0.29) is 6.04 Å². The first-order chi connectivity index (χ1) is 8.10. The van der Waals surface area contributed by atoms with Gasteiger partial charge in [0.15, 0.2) is 0 Å². The quantitative estimate of drug-likeness (QED) is 0.903. The van der Waals surface area contributed by atoms with E-state index in [1.54, 1.807) is 11.3 Å². The van der Waals surface area contributed by atoms with Gasteiger partial charge in [-0.25, -0.2) is 0 Å². The minimum atomic E-state index is 0.185. The van der Waals surface area contributed by atoms with E-state index in [4.69, 9.17) is 4.42 Å². The molecule has 1 unspecified atom stereocenters. The molecule has 0 spiro atoms. The number of furan rings is 1. The Morgan fingerprint density at radius 1 is 1.41 bits per heavy atom. The van der Waals surface area contributed by atoms with E-state index in [2.05, 4.69) is 35.4 Å². The van der Waals surface area contributed by atoms with Gasteiger partial charge in [0.1, 0.15) is 16.5 Å². The number of anilines is 1. The van der Waals surface area contributed by atoms with Crippen molar-refractivity contribution in [2.45, 2.75) is 40.2 Å². The molecule has 2 rings (SSSR count). The van der Waals surface area contributed by atoms with Gasteiger partial charge >= 0.3 is 0 Å². The van der Waals surface area contributed by atoms with Gasteiger partial charge < -0.3 is 9.73 Å². The Kier molecular flexibility index (Phi) is 3.47. The molecule has 17 heavy (non-hydrogen) atoms. The Morgan fingerprint density at radius 2 is 2.18 bits per heavy atom. The summed E-state index contributed by atoms with van der Waals surface area (Å²) in [5, 5.41) is 13.5. The number of aryl methyl sites for hydroxylation is 3. The largest absolute Gasteiger partial charge is 0.466 e. The van der Waals surface area contributed by atoms with E-state index in [1.165, 1.54) is 5.56 Å². The van der Waals surface area contributed by atoms with Crippen molar-refractivity contribution in [1.82, 2.24) is 10.2 Å². The standard InChI is InChI=1S/C12H17N3OS/c1-5-11-14-15-12(17-11)13-8(3)10-6-7(2)16-9(10)4/h6,8H,5H2,1-4H3,(H,13,15). The molecule has 0 radical (unpaired) electrons. The van der Waals surface area contributed by atoms with Gasteiger partial charge in [0, 0.05) is 5.56 Å². The third-order valence-electron chi connectivity index (χ3n) is 2.66. The van der Waals surface area contributed by atoms with Gasteiger partial charge in [-0.05, 0) is 33.3 Å². The van der Waals surface area contributed by atoms with Crippen molar-refractivity contribution in [1.29, 1.82) is 0 Å². The van der Waals surface area contributed by atoms with Gasteiger partial charge in [0.25, 0.3) is 0 Å². The minimum absolute atomic E-state index is 0.185. The van der Waals surface area contributed by atoms with Crippen molar-refractivity contribution in [2.24, 2.45) is 0 Å². The molecule has 92 valence electrons. The summed E-state index contributed by atoms with van der Waals surface area (Å²) in [6.45, 7) is 8.13. The lowest BCUT2D eigenvalue weighted by molar-refractivity contribution is 0.500. The highest BCUT2D eigenvalue weighted by molar-refractivity contribution is 7.15. The van der Waals surface area contributed by atoms with Crippen molar-refractivity contribution in [3.8, 4) is 0 Å². The molecule has 0 aliphatic carbocycles. The molecule has 2 aromatic rings. The molecule has 2 aromatic heterocycles. The summed E-state index contributed by atoms with van der Waals surface area (Å²) in [6, 6.07) is 2.25. The summed E-state index contributed by atoms with van der Waals surface area (Å²) < 4.78 is 5.53. The van der Waals surface area contributed by atoms with E-state index < -0.39 is 0 Å². The fourth-order valence-corrected chi connectivity index (χ4v) is 2.56. The fraction of sp³-hybridized carbons (Fsp3) is 0.500. The highest BCUT2D eigenvalue weighted by Gasteiger charge is 2.14. The van der Waals surface area contributed by atoms with Crippen LogP contribution in [0.4, 0.5) is 5.13 Å². The van der Waals surface area contributed by atoms with Crippen LogP contribution in [0.3, 0.4) is 0 Å². The lowest BCUT2D eigenvalue weighted by Gasteiger charge is -2.10. The molecule has 0 saturated carbocycles. The first kappa shape index (κ1) is 12.1. The van der Waals surface area contributed by atoms with Crippen molar-refractivity contribution in [2.75, 3.05) is 5.32 Å². The molecule has 0 aliphatic rings. The molecule has 0 fully saturated rings. The Hall–Kier alpha value is -1.36. The van der Waals surface area contributed by atoms with Crippen LogP contribution in [-0.2, 0) is 6.42 Å². The van der Waals surface area contributed by atoms with Crippen LogP contribution in [0.15, 0.2) is 10.5 Å². The van der Waals surface area contributed by atoms with Gasteiger partial charge in [0.2, 0.25) is 5.13 Å². The highest BCUT2D eigenvalue weighted by atomic mass is 32.1. The number of nitrogens with zero attached hydrogens (tertiary/aromatic N) is 2. The third-order valence-corrected chi connectivity index (χ3v) is 3.65. The zero-order valence-electron chi connectivity index (χ0n) is 10.6. The average Bonchev–Trinajstić information content (AvgIpc) is 2.85. The Balaban J connectivity index is 2.11. The van der Waals surface area contributed by atoms with Gasteiger partial charge in [-0.2, -0.15) is 0 Å². The maximum atomic E-state index is 5.53. The second-order valence-corrected chi connectivity index (χ2v) is 5.15. The second kappa shape index (κ2) is 4.87. The number of nitrogens with one attached hydrogen (secondary N) is 1. The molecule has 0 aliphatic heterocycles. The van der Waals surface area contributed by atoms with Crippen LogP contribution in [0.2, 0.25) is 0 Å². The summed E-state index contributed by atoms with van der Waals surface area (Å²) in [5.41, 5.74) is 1.18. The second-order valence-electron chi connectivity index (χ2n) is 4.09. The number of rotatable bonds is 4. The molecular formula is C12H17N3OS. The molecule has 0 amide bonds. The SMILES string of the molecule is CCc1nnc(NC(C)c2cc(C)oc2C)s1. The molecule has 1 N–H and O–H groups in total. The zero-order valence-corrected chi connectivity index (χ0v) is 11.4. The predicted octanol–water partition coefficient (Wildman–Crippen LogP) is 3.48. The maximum Gasteiger partial charge on any atom is 0.206 e. The van der Waals surface area contributed by atoms with Gasteiger partial charge in [-0.15, -0.1) is 10.2 Å². The Bertz CT molecular complexity index is 504. The predicted molar refractivity (Wildman–Crippen MR) is 69.5 cm³/mol. The molecule has 0 saturated heterocycles. The van der Waals surface area contributed by atoms with Crippen LogP contribution in [-0.4, -0.2) is 10.2 Å². The summed E-state index contributed by atoms with van der Waals surface area (Å²) >= 11 is 1.60. The van der Waals surface area contributed by atoms with E-state index in [0.717, 1.165) is 28.1 Å². The van der Waals surface area contributed by atoms with Crippen LogP contribution in [0.5, 0.6) is 0 Å².